The quantitative estimate of drug-likeness (QED) is 0.693. The Morgan fingerprint density at radius 1 is 0.920 bits per heavy atom. The van der Waals surface area contributed by atoms with Crippen molar-refractivity contribution in [1.29, 1.82) is 0 Å². The molecule has 2 aromatic carbocycles. The molecule has 0 aliphatic carbocycles. The van der Waals surface area contributed by atoms with Crippen molar-refractivity contribution in [3.63, 3.8) is 0 Å². The van der Waals surface area contributed by atoms with Gasteiger partial charge in [-0.1, -0.05) is 42.5 Å². The Morgan fingerprint density at radius 2 is 1.60 bits per heavy atom. The number of benzene rings is 2. The maximum atomic E-state index is 12.7. The number of carbonyl (C=O) groups excluding carboxylic acids is 2. The van der Waals surface area contributed by atoms with Gasteiger partial charge in [-0.05, 0) is 23.3 Å². The van der Waals surface area contributed by atoms with Crippen LogP contribution in [0.4, 0.5) is 0 Å². The molecule has 0 saturated carbocycles. The minimum absolute atomic E-state index is 0.0223. The van der Waals surface area contributed by atoms with E-state index in [4.69, 9.17) is 4.74 Å². The van der Waals surface area contributed by atoms with E-state index in [0.29, 0.717) is 19.5 Å². The predicted molar refractivity (Wildman–Crippen MR) is 95.2 cm³/mol. The molecule has 2 aromatic rings. The molecule has 0 saturated heterocycles. The summed E-state index contributed by atoms with van der Waals surface area (Å²) in [6.45, 7) is 0.761. The molecule has 0 fully saturated rings. The molecule has 0 aliphatic rings. The van der Waals surface area contributed by atoms with Gasteiger partial charge in [0.05, 0.1) is 27.1 Å². The van der Waals surface area contributed by atoms with E-state index in [2.05, 4.69) is 4.74 Å². The molecule has 5 nitrogen and oxygen atoms in total. The van der Waals surface area contributed by atoms with Gasteiger partial charge in [-0.25, -0.2) is 0 Å². The van der Waals surface area contributed by atoms with Crippen molar-refractivity contribution in [3.05, 3.63) is 65.7 Å². The van der Waals surface area contributed by atoms with Crippen LogP contribution >= 0.6 is 0 Å². The highest BCUT2D eigenvalue weighted by atomic mass is 16.5. The summed E-state index contributed by atoms with van der Waals surface area (Å²) in [5, 5.41) is 0. The second-order valence-electron chi connectivity index (χ2n) is 5.65. The molecule has 0 heterocycles. The summed E-state index contributed by atoms with van der Waals surface area (Å²) in [5.41, 5.74) is 1.93. The molecule has 5 heteroatoms. The van der Waals surface area contributed by atoms with Crippen LogP contribution in [0, 0.1) is 0 Å². The molecule has 0 aromatic heterocycles. The second-order valence-corrected chi connectivity index (χ2v) is 5.65. The second kappa shape index (κ2) is 9.47. The van der Waals surface area contributed by atoms with Crippen LogP contribution in [0.15, 0.2) is 54.6 Å². The fraction of sp³-hybridized carbons (Fsp3) is 0.300. The number of hydrogen-bond acceptors (Lipinski definition) is 4. The maximum absolute atomic E-state index is 12.7. The monoisotopic (exact) mass is 341 g/mol. The van der Waals surface area contributed by atoms with Crippen LogP contribution < -0.4 is 4.74 Å². The molecule has 0 spiro atoms. The average molecular weight is 341 g/mol. The Hall–Kier alpha value is -2.82. The summed E-state index contributed by atoms with van der Waals surface area (Å²) in [6, 6.07) is 17.1. The van der Waals surface area contributed by atoms with Crippen LogP contribution in [-0.2, 0) is 27.3 Å². The number of methoxy groups -OCH3 is 2. The van der Waals surface area contributed by atoms with Crippen LogP contribution in [0.5, 0.6) is 5.75 Å². The zero-order valence-corrected chi connectivity index (χ0v) is 14.6. The van der Waals surface area contributed by atoms with Crippen molar-refractivity contribution in [2.24, 2.45) is 0 Å². The largest absolute Gasteiger partial charge is 0.497 e. The van der Waals surface area contributed by atoms with E-state index >= 15 is 0 Å². The van der Waals surface area contributed by atoms with Crippen LogP contribution in [-0.4, -0.2) is 37.5 Å². The van der Waals surface area contributed by atoms with Crippen molar-refractivity contribution in [2.45, 2.75) is 19.4 Å². The van der Waals surface area contributed by atoms with Gasteiger partial charge in [-0.15, -0.1) is 0 Å². The van der Waals surface area contributed by atoms with Gasteiger partial charge >= 0.3 is 5.97 Å². The average Bonchev–Trinajstić information content (AvgIpc) is 2.66. The minimum atomic E-state index is -0.327. The van der Waals surface area contributed by atoms with E-state index in [-0.39, 0.29) is 18.3 Å². The van der Waals surface area contributed by atoms with Gasteiger partial charge in [0.15, 0.2) is 0 Å². The lowest BCUT2D eigenvalue weighted by atomic mass is 10.1. The standard InChI is InChI=1S/C20H23NO4/c1-24-18-10-8-17(9-11-18)15-21(13-12-20(23)25-2)19(22)14-16-6-4-3-5-7-16/h3-11H,12-15H2,1-2H3. The molecule has 25 heavy (non-hydrogen) atoms. The lowest BCUT2D eigenvalue weighted by Crippen LogP contribution is -2.34. The number of esters is 1. The Kier molecular flexibility index (Phi) is 7.01. The number of hydrogen-bond donors (Lipinski definition) is 0. The highest BCUT2D eigenvalue weighted by Crippen LogP contribution is 2.14. The third kappa shape index (κ3) is 5.95. The third-order valence-corrected chi connectivity index (χ3v) is 3.90. The van der Waals surface area contributed by atoms with Gasteiger partial charge in [0.2, 0.25) is 5.91 Å². The maximum Gasteiger partial charge on any atom is 0.307 e. The summed E-state index contributed by atoms with van der Waals surface area (Å²) in [6.07, 6.45) is 0.478. The molecule has 0 unspecified atom stereocenters. The molecule has 0 aliphatic heterocycles. The Balaban J connectivity index is 2.07. The first-order valence-electron chi connectivity index (χ1n) is 8.14. The Labute approximate surface area is 148 Å². The number of carbonyl (C=O) groups is 2. The molecule has 132 valence electrons. The summed E-state index contributed by atoms with van der Waals surface area (Å²) < 4.78 is 9.84. The fourth-order valence-corrected chi connectivity index (χ4v) is 2.45. The van der Waals surface area contributed by atoms with E-state index in [9.17, 15) is 9.59 Å². The molecule has 0 bridgehead atoms. The van der Waals surface area contributed by atoms with Crippen molar-refractivity contribution in [3.8, 4) is 5.75 Å². The minimum Gasteiger partial charge on any atom is -0.497 e. The number of ether oxygens (including phenoxy) is 2. The number of amides is 1. The summed E-state index contributed by atoms with van der Waals surface area (Å²) >= 11 is 0. The normalized spacial score (nSPS) is 10.2. The molecule has 1 amide bonds. The third-order valence-electron chi connectivity index (χ3n) is 3.90. The molecule has 0 radical (unpaired) electrons. The lowest BCUT2D eigenvalue weighted by Gasteiger charge is -2.23. The van der Waals surface area contributed by atoms with Gasteiger partial charge in [0.25, 0.3) is 0 Å². The van der Waals surface area contributed by atoms with Crippen LogP contribution in [0.25, 0.3) is 0 Å². The van der Waals surface area contributed by atoms with Crippen molar-refractivity contribution >= 4 is 11.9 Å². The molecule has 0 N–H and O–H groups in total. The topological polar surface area (TPSA) is 55.8 Å². The van der Waals surface area contributed by atoms with E-state index in [0.717, 1.165) is 16.9 Å². The fourth-order valence-electron chi connectivity index (χ4n) is 2.45. The molecular weight excluding hydrogens is 318 g/mol. The first-order valence-corrected chi connectivity index (χ1v) is 8.14. The smallest absolute Gasteiger partial charge is 0.307 e. The first-order chi connectivity index (χ1) is 12.1. The highest BCUT2D eigenvalue weighted by Gasteiger charge is 2.16. The zero-order chi connectivity index (χ0) is 18.1. The van der Waals surface area contributed by atoms with E-state index in [1.54, 1.807) is 12.0 Å². The van der Waals surface area contributed by atoms with Crippen molar-refractivity contribution in [1.82, 2.24) is 4.90 Å². The Bertz CT molecular complexity index is 683. The van der Waals surface area contributed by atoms with Crippen molar-refractivity contribution in [2.75, 3.05) is 20.8 Å². The van der Waals surface area contributed by atoms with Crippen LogP contribution in [0.3, 0.4) is 0 Å². The van der Waals surface area contributed by atoms with Gasteiger partial charge < -0.3 is 14.4 Å². The van der Waals surface area contributed by atoms with Gasteiger partial charge in [-0.3, -0.25) is 9.59 Å². The summed E-state index contributed by atoms with van der Waals surface area (Å²) in [5.74, 6) is 0.415. The predicted octanol–water partition coefficient (Wildman–Crippen LogP) is 2.83. The highest BCUT2D eigenvalue weighted by molar-refractivity contribution is 5.79. The SMILES string of the molecule is COC(=O)CCN(Cc1ccc(OC)cc1)C(=O)Cc1ccccc1. The molecule has 0 atom stereocenters. The van der Waals surface area contributed by atoms with E-state index in [1.165, 1.54) is 7.11 Å². The van der Waals surface area contributed by atoms with Gasteiger partial charge in [0.1, 0.15) is 5.75 Å². The van der Waals surface area contributed by atoms with Crippen LogP contribution in [0.2, 0.25) is 0 Å². The molecule has 2 rings (SSSR count). The first kappa shape index (κ1) is 18.5. The van der Waals surface area contributed by atoms with Crippen molar-refractivity contribution < 1.29 is 19.1 Å². The molecular formula is C20H23NO4. The van der Waals surface area contributed by atoms with E-state index < -0.39 is 0 Å². The van der Waals surface area contributed by atoms with Gasteiger partial charge in [0, 0.05) is 13.1 Å². The number of nitrogens with zero attached hydrogens (tertiary/aromatic N) is 1. The van der Waals surface area contributed by atoms with Crippen LogP contribution in [0.1, 0.15) is 17.5 Å². The number of rotatable bonds is 8. The lowest BCUT2D eigenvalue weighted by molar-refractivity contribution is -0.141. The zero-order valence-electron chi connectivity index (χ0n) is 14.6. The summed E-state index contributed by atoms with van der Waals surface area (Å²) in [4.78, 5) is 25.8. The van der Waals surface area contributed by atoms with Gasteiger partial charge in [-0.2, -0.15) is 0 Å². The Morgan fingerprint density at radius 3 is 2.20 bits per heavy atom. The van der Waals surface area contributed by atoms with E-state index in [1.807, 2.05) is 54.6 Å². The summed E-state index contributed by atoms with van der Waals surface area (Å²) in [7, 11) is 2.96.